The summed E-state index contributed by atoms with van der Waals surface area (Å²) in [4.78, 5) is 40.6. The van der Waals surface area contributed by atoms with E-state index in [1.807, 2.05) is 36.4 Å². The average Bonchev–Trinajstić information content (AvgIpc) is 3.25. The van der Waals surface area contributed by atoms with Gasteiger partial charge in [0.1, 0.15) is 5.56 Å². The van der Waals surface area contributed by atoms with E-state index in [1.54, 1.807) is 24.3 Å². The molecule has 1 aromatic heterocycles. The summed E-state index contributed by atoms with van der Waals surface area (Å²) in [6, 6.07) is 18.3. The Kier molecular flexibility index (Phi) is 4.51. The quantitative estimate of drug-likeness (QED) is 0.534. The van der Waals surface area contributed by atoms with Crippen molar-refractivity contribution in [2.24, 2.45) is 0 Å². The Balaban J connectivity index is 1.47. The molecule has 154 valence electrons. The van der Waals surface area contributed by atoms with Crippen molar-refractivity contribution in [2.45, 2.75) is 6.54 Å². The molecule has 0 radical (unpaired) electrons. The Hall–Kier alpha value is -4.33. The molecule has 2 heterocycles. The van der Waals surface area contributed by atoms with Gasteiger partial charge in [0.25, 0.3) is 11.5 Å². The number of anilines is 1. The minimum Gasteiger partial charge on any atom is -0.454 e. The van der Waals surface area contributed by atoms with E-state index in [-0.39, 0.29) is 18.9 Å². The molecule has 4 aromatic rings. The number of hydrogen-bond acceptors (Lipinski definition) is 5. The molecule has 0 aliphatic carbocycles. The first-order valence-corrected chi connectivity index (χ1v) is 9.60. The molecule has 8 nitrogen and oxygen atoms in total. The van der Waals surface area contributed by atoms with E-state index in [0.717, 1.165) is 21.5 Å². The molecule has 0 saturated heterocycles. The zero-order valence-corrected chi connectivity index (χ0v) is 16.3. The van der Waals surface area contributed by atoms with Crippen LogP contribution in [0, 0.1) is 0 Å². The van der Waals surface area contributed by atoms with Crippen molar-refractivity contribution in [3.8, 4) is 11.5 Å². The molecule has 31 heavy (non-hydrogen) atoms. The third-order valence-corrected chi connectivity index (χ3v) is 5.12. The van der Waals surface area contributed by atoms with Crippen LogP contribution in [0.15, 0.2) is 76.4 Å². The molecule has 0 saturated carbocycles. The highest BCUT2D eigenvalue weighted by atomic mass is 16.7. The van der Waals surface area contributed by atoms with Gasteiger partial charge in [-0.1, -0.05) is 42.5 Å². The maximum atomic E-state index is 12.9. The summed E-state index contributed by atoms with van der Waals surface area (Å²) in [6.07, 6.45) is 1.14. The van der Waals surface area contributed by atoms with Crippen LogP contribution in [-0.4, -0.2) is 22.3 Å². The van der Waals surface area contributed by atoms with Gasteiger partial charge in [-0.05, 0) is 29.1 Å². The summed E-state index contributed by atoms with van der Waals surface area (Å²) in [6.45, 7) is 0.114. The van der Waals surface area contributed by atoms with Gasteiger partial charge in [-0.2, -0.15) is 0 Å². The first-order valence-electron chi connectivity index (χ1n) is 9.60. The zero-order chi connectivity index (χ0) is 21.4. The molecule has 3 aromatic carbocycles. The lowest BCUT2D eigenvalue weighted by Gasteiger charge is -2.10. The van der Waals surface area contributed by atoms with Crippen LogP contribution >= 0.6 is 0 Å². The van der Waals surface area contributed by atoms with Crippen LogP contribution in [0.1, 0.15) is 15.9 Å². The van der Waals surface area contributed by atoms with Crippen LogP contribution in [-0.2, 0) is 6.54 Å². The Morgan fingerprint density at radius 1 is 1.00 bits per heavy atom. The summed E-state index contributed by atoms with van der Waals surface area (Å²) in [5, 5.41) is 4.59. The second kappa shape index (κ2) is 7.49. The highest BCUT2D eigenvalue weighted by Gasteiger charge is 2.18. The van der Waals surface area contributed by atoms with Gasteiger partial charge in [0, 0.05) is 17.3 Å². The third-order valence-electron chi connectivity index (χ3n) is 5.12. The summed E-state index contributed by atoms with van der Waals surface area (Å²) >= 11 is 0. The highest BCUT2D eigenvalue weighted by Crippen LogP contribution is 2.32. The number of nitrogens with zero attached hydrogens (tertiary/aromatic N) is 1. The van der Waals surface area contributed by atoms with Crippen LogP contribution in [0.4, 0.5) is 5.69 Å². The number of carbonyl (C=O) groups excluding carboxylic acids is 1. The molecule has 2 N–H and O–H groups in total. The number of H-pyrrole nitrogens is 1. The smallest absolute Gasteiger partial charge is 0.328 e. The summed E-state index contributed by atoms with van der Waals surface area (Å²) in [7, 11) is 0. The second-order valence-corrected chi connectivity index (χ2v) is 7.07. The van der Waals surface area contributed by atoms with E-state index < -0.39 is 17.2 Å². The van der Waals surface area contributed by atoms with E-state index in [4.69, 9.17) is 9.47 Å². The number of fused-ring (bicyclic) bond motifs is 2. The molecule has 5 rings (SSSR count). The van der Waals surface area contributed by atoms with E-state index in [9.17, 15) is 14.4 Å². The number of hydrogen-bond donors (Lipinski definition) is 2. The maximum Gasteiger partial charge on any atom is 0.328 e. The summed E-state index contributed by atoms with van der Waals surface area (Å²) < 4.78 is 11.6. The fourth-order valence-corrected chi connectivity index (χ4v) is 3.56. The fourth-order valence-electron chi connectivity index (χ4n) is 3.56. The molecular weight excluding hydrogens is 398 g/mol. The van der Waals surface area contributed by atoms with Crippen molar-refractivity contribution in [1.82, 2.24) is 9.55 Å². The molecule has 1 aliphatic heterocycles. The Morgan fingerprint density at radius 3 is 2.71 bits per heavy atom. The Labute approximate surface area is 175 Å². The summed E-state index contributed by atoms with van der Waals surface area (Å²) in [5.74, 6) is 0.553. The van der Waals surface area contributed by atoms with Crippen molar-refractivity contribution in [2.75, 3.05) is 12.1 Å². The standard InChI is InChI=1S/C23H17N3O5/c27-21(25-18-7-3-5-15-4-1-2-6-16(15)18)17-11-24-23(29)26(22(17)28)12-14-8-9-19-20(10-14)31-13-30-19/h1-11H,12-13H2,(H,24,29)(H,25,27). The first-order chi connectivity index (χ1) is 15.1. The fraction of sp³-hybridized carbons (Fsp3) is 0.0870. The van der Waals surface area contributed by atoms with Gasteiger partial charge in [0.2, 0.25) is 6.79 Å². The normalized spacial score (nSPS) is 12.1. The minimum atomic E-state index is -0.681. The van der Waals surface area contributed by atoms with Crippen molar-refractivity contribution in [3.05, 3.63) is 98.8 Å². The predicted molar refractivity (Wildman–Crippen MR) is 115 cm³/mol. The van der Waals surface area contributed by atoms with Crippen LogP contribution < -0.4 is 26.0 Å². The molecule has 0 spiro atoms. The number of aromatic amines is 1. The number of carbonyl (C=O) groups is 1. The van der Waals surface area contributed by atoms with Gasteiger partial charge in [-0.25, -0.2) is 4.79 Å². The minimum absolute atomic E-state index is 0.0137. The predicted octanol–water partition coefficient (Wildman–Crippen LogP) is 2.72. The topological polar surface area (TPSA) is 102 Å². The number of nitrogens with one attached hydrogen (secondary N) is 2. The third kappa shape index (κ3) is 3.44. The molecular formula is C23H17N3O5. The van der Waals surface area contributed by atoms with Gasteiger partial charge in [-0.15, -0.1) is 0 Å². The molecule has 0 unspecified atom stereocenters. The zero-order valence-electron chi connectivity index (χ0n) is 16.3. The number of aromatic nitrogens is 2. The van der Waals surface area contributed by atoms with Crippen molar-refractivity contribution in [1.29, 1.82) is 0 Å². The number of amides is 1. The van der Waals surface area contributed by atoms with Crippen LogP contribution in [0.3, 0.4) is 0 Å². The highest BCUT2D eigenvalue weighted by molar-refractivity contribution is 6.08. The van der Waals surface area contributed by atoms with E-state index >= 15 is 0 Å². The van der Waals surface area contributed by atoms with Crippen LogP contribution in [0.25, 0.3) is 10.8 Å². The van der Waals surface area contributed by atoms with Gasteiger partial charge in [0.05, 0.1) is 6.54 Å². The summed E-state index contributed by atoms with van der Waals surface area (Å²) in [5.41, 5.74) is -0.198. The first kappa shape index (κ1) is 18.7. The average molecular weight is 415 g/mol. The molecule has 8 heteroatoms. The van der Waals surface area contributed by atoms with Gasteiger partial charge >= 0.3 is 5.69 Å². The Morgan fingerprint density at radius 2 is 1.81 bits per heavy atom. The second-order valence-electron chi connectivity index (χ2n) is 7.07. The van der Waals surface area contributed by atoms with Crippen molar-refractivity contribution < 1.29 is 14.3 Å². The van der Waals surface area contributed by atoms with E-state index in [0.29, 0.717) is 22.7 Å². The van der Waals surface area contributed by atoms with Crippen LogP contribution in [0.5, 0.6) is 11.5 Å². The largest absolute Gasteiger partial charge is 0.454 e. The van der Waals surface area contributed by atoms with E-state index in [2.05, 4.69) is 10.3 Å². The molecule has 0 fully saturated rings. The lowest BCUT2D eigenvalue weighted by atomic mass is 10.1. The molecule has 1 aliphatic rings. The van der Waals surface area contributed by atoms with Crippen LogP contribution in [0.2, 0.25) is 0 Å². The number of benzene rings is 3. The van der Waals surface area contributed by atoms with Gasteiger partial charge < -0.3 is 19.8 Å². The van der Waals surface area contributed by atoms with Gasteiger partial charge in [-0.3, -0.25) is 14.2 Å². The Bertz CT molecular complexity index is 1430. The number of ether oxygens (including phenoxy) is 2. The van der Waals surface area contributed by atoms with E-state index in [1.165, 1.54) is 0 Å². The lowest BCUT2D eigenvalue weighted by Crippen LogP contribution is -2.39. The van der Waals surface area contributed by atoms with Crippen molar-refractivity contribution in [3.63, 3.8) is 0 Å². The SMILES string of the molecule is O=C(Nc1cccc2ccccc12)c1c[nH]c(=O)n(Cc2ccc3c(c2)OCO3)c1=O. The van der Waals surface area contributed by atoms with Gasteiger partial charge in [0.15, 0.2) is 11.5 Å². The molecule has 0 bridgehead atoms. The monoisotopic (exact) mass is 415 g/mol. The number of rotatable bonds is 4. The molecule has 1 amide bonds. The molecule has 0 atom stereocenters. The maximum absolute atomic E-state index is 12.9. The van der Waals surface area contributed by atoms with Crippen molar-refractivity contribution >= 4 is 22.4 Å². The lowest BCUT2D eigenvalue weighted by molar-refractivity contribution is 0.102.